The summed E-state index contributed by atoms with van der Waals surface area (Å²) in [6.07, 6.45) is 2.46. The zero-order valence-electron chi connectivity index (χ0n) is 25.0. The Morgan fingerprint density at radius 1 is 0.822 bits per heavy atom. The molecule has 1 heterocycles. The van der Waals surface area contributed by atoms with Crippen molar-refractivity contribution in [1.29, 1.82) is 0 Å². The second-order valence-electron chi connectivity index (χ2n) is 10.2. The van der Waals surface area contributed by atoms with Crippen molar-refractivity contribution in [1.82, 2.24) is 5.32 Å². The lowest BCUT2D eigenvalue weighted by Gasteiger charge is -2.20. The van der Waals surface area contributed by atoms with Gasteiger partial charge in [-0.15, -0.1) is 23.1 Å². The van der Waals surface area contributed by atoms with E-state index in [4.69, 9.17) is 0 Å². The molecule has 0 fully saturated rings. The van der Waals surface area contributed by atoms with Crippen LogP contribution in [0.3, 0.4) is 0 Å². The zero-order chi connectivity index (χ0) is 31.6. The fourth-order valence-electron chi connectivity index (χ4n) is 4.73. The highest BCUT2D eigenvalue weighted by Crippen LogP contribution is 2.38. The number of hydrogen-bond donors (Lipinski definition) is 3. The predicted molar refractivity (Wildman–Crippen MR) is 186 cm³/mol. The third-order valence-electron chi connectivity index (χ3n) is 7.03. The molecular formula is C37H33N3O3S2. The van der Waals surface area contributed by atoms with Gasteiger partial charge in [0.05, 0.1) is 0 Å². The van der Waals surface area contributed by atoms with Crippen LogP contribution in [0.5, 0.6) is 0 Å². The number of carbonyl (C=O) groups is 3. The number of hydrogen-bond acceptors (Lipinski definition) is 5. The van der Waals surface area contributed by atoms with E-state index < -0.39 is 11.2 Å². The number of nitrogens with one attached hydrogen (secondary N) is 3. The first-order valence-electron chi connectivity index (χ1n) is 14.5. The standard InChI is InChI=1S/C37H33N3O3S2/c1-3-26-18-10-13-25(2)33(26)40-37(43)34(27-14-6-4-7-15-27)45-31-20-11-19-29(23-31)38-36(42)32(24-30-21-12-22-44-30)39-35(41)28-16-8-5-9-17-28/h4-24,34H,3H2,1-2H3,(H,38,42)(H,39,41)(H,40,43)/b32-24-. The molecule has 0 aliphatic heterocycles. The summed E-state index contributed by atoms with van der Waals surface area (Å²) >= 11 is 2.87. The Morgan fingerprint density at radius 3 is 2.27 bits per heavy atom. The molecule has 0 saturated heterocycles. The molecule has 5 rings (SSSR count). The number of rotatable bonds is 11. The van der Waals surface area contributed by atoms with Crippen molar-refractivity contribution in [3.05, 3.63) is 153 Å². The fourth-order valence-corrected chi connectivity index (χ4v) is 6.47. The molecule has 1 aromatic heterocycles. The monoisotopic (exact) mass is 631 g/mol. The maximum absolute atomic E-state index is 13.8. The molecule has 226 valence electrons. The quantitative estimate of drug-likeness (QED) is 0.101. The van der Waals surface area contributed by atoms with E-state index >= 15 is 0 Å². The number of amides is 3. The smallest absolute Gasteiger partial charge is 0.272 e. The molecule has 6 nitrogen and oxygen atoms in total. The summed E-state index contributed by atoms with van der Waals surface area (Å²) in [5.41, 5.74) is 4.90. The largest absolute Gasteiger partial charge is 0.324 e. The SMILES string of the molecule is CCc1cccc(C)c1NC(=O)C(Sc1cccc(NC(=O)/C(=C/c2cccs2)NC(=O)c2ccccc2)c1)c1ccccc1. The molecule has 0 aliphatic carbocycles. The van der Waals surface area contributed by atoms with E-state index in [9.17, 15) is 14.4 Å². The topological polar surface area (TPSA) is 87.3 Å². The molecule has 0 radical (unpaired) electrons. The summed E-state index contributed by atoms with van der Waals surface area (Å²) < 4.78 is 0. The Bertz CT molecular complexity index is 1800. The van der Waals surface area contributed by atoms with Crippen molar-refractivity contribution in [3.8, 4) is 0 Å². The van der Waals surface area contributed by atoms with Crippen molar-refractivity contribution in [3.63, 3.8) is 0 Å². The van der Waals surface area contributed by atoms with E-state index in [1.807, 2.05) is 97.2 Å². The fraction of sp³-hybridized carbons (Fsp3) is 0.108. The van der Waals surface area contributed by atoms with Gasteiger partial charge < -0.3 is 16.0 Å². The number of carbonyl (C=O) groups excluding carboxylic acids is 3. The molecule has 1 atom stereocenters. The van der Waals surface area contributed by atoms with Gasteiger partial charge >= 0.3 is 0 Å². The Morgan fingerprint density at radius 2 is 1.56 bits per heavy atom. The van der Waals surface area contributed by atoms with Crippen LogP contribution < -0.4 is 16.0 Å². The molecule has 4 aromatic carbocycles. The summed E-state index contributed by atoms with van der Waals surface area (Å²) in [6.45, 7) is 4.07. The molecule has 3 amide bonds. The first kappa shape index (κ1) is 31.5. The lowest BCUT2D eigenvalue weighted by Crippen LogP contribution is -2.30. The Labute approximate surface area is 271 Å². The van der Waals surface area contributed by atoms with E-state index in [1.165, 1.54) is 23.1 Å². The molecule has 0 spiro atoms. The highest BCUT2D eigenvalue weighted by molar-refractivity contribution is 8.00. The third-order valence-corrected chi connectivity index (χ3v) is 9.10. The van der Waals surface area contributed by atoms with Crippen LogP contribution in [-0.4, -0.2) is 17.7 Å². The average molecular weight is 632 g/mol. The summed E-state index contributed by atoms with van der Waals surface area (Å²) in [4.78, 5) is 41.9. The van der Waals surface area contributed by atoms with E-state index in [2.05, 4.69) is 22.9 Å². The van der Waals surface area contributed by atoms with Crippen LogP contribution in [0.2, 0.25) is 0 Å². The minimum absolute atomic E-state index is 0.121. The normalized spacial score (nSPS) is 11.8. The van der Waals surface area contributed by atoms with E-state index in [1.54, 1.807) is 36.4 Å². The second kappa shape index (κ2) is 15.2. The van der Waals surface area contributed by atoms with E-state index in [0.29, 0.717) is 11.3 Å². The average Bonchev–Trinajstić information content (AvgIpc) is 3.58. The van der Waals surface area contributed by atoms with Gasteiger partial charge in [0.2, 0.25) is 5.91 Å². The first-order chi connectivity index (χ1) is 21.9. The number of aryl methyl sites for hydroxylation is 2. The van der Waals surface area contributed by atoms with Crippen molar-refractivity contribution in [2.75, 3.05) is 10.6 Å². The van der Waals surface area contributed by atoms with Gasteiger partial charge in [-0.25, -0.2) is 0 Å². The van der Waals surface area contributed by atoms with Gasteiger partial charge in [-0.1, -0.05) is 85.8 Å². The highest BCUT2D eigenvalue weighted by atomic mass is 32.2. The summed E-state index contributed by atoms with van der Waals surface area (Å²) in [7, 11) is 0. The van der Waals surface area contributed by atoms with Gasteiger partial charge in [0.1, 0.15) is 10.9 Å². The molecule has 3 N–H and O–H groups in total. The van der Waals surface area contributed by atoms with E-state index in [0.717, 1.165) is 38.6 Å². The lowest BCUT2D eigenvalue weighted by atomic mass is 10.1. The van der Waals surface area contributed by atoms with Gasteiger partial charge in [-0.3, -0.25) is 14.4 Å². The molecule has 45 heavy (non-hydrogen) atoms. The molecular weight excluding hydrogens is 599 g/mol. The maximum atomic E-state index is 13.8. The second-order valence-corrected chi connectivity index (χ2v) is 12.4. The predicted octanol–water partition coefficient (Wildman–Crippen LogP) is 8.50. The number of anilines is 2. The minimum atomic E-state index is -0.541. The number of thiophene rings is 1. The van der Waals surface area contributed by atoms with E-state index in [-0.39, 0.29) is 17.5 Å². The lowest BCUT2D eigenvalue weighted by molar-refractivity contribution is -0.116. The van der Waals surface area contributed by atoms with Crippen molar-refractivity contribution < 1.29 is 14.4 Å². The van der Waals surface area contributed by atoms with Gasteiger partial charge in [0.25, 0.3) is 11.8 Å². The van der Waals surface area contributed by atoms with Gasteiger partial charge in [0.15, 0.2) is 0 Å². The van der Waals surface area contributed by atoms with Gasteiger partial charge in [-0.05, 0) is 77.9 Å². The molecule has 0 bridgehead atoms. The van der Waals surface area contributed by atoms with Crippen LogP contribution in [0.25, 0.3) is 6.08 Å². The Kier molecular flexibility index (Phi) is 10.6. The van der Waals surface area contributed by atoms with Crippen LogP contribution in [0.4, 0.5) is 11.4 Å². The van der Waals surface area contributed by atoms with Crippen molar-refractivity contribution in [2.45, 2.75) is 30.4 Å². The van der Waals surface area contributed by atoms with Crippen LogP contribution in [0.1, 0.15) is 44.1 Å². The maximum Gasteiger partial charge on any atom is 0.272 e. The Balaban J connectivity index is 1.37. The number of benzene rings is 4. The first-order valence-corrected chi connectivity index (χ1v) is 16.3. The molecule has 0 aliphatic rings. The molecule has 5 aromatic rings. The molecule has 8 heteroatoms. The third kappa shape index (κ3) is 8.38. The highest BCUT2D eigenvalue weighted by Gasteiger charge is 2.24. The van der Waals surface area contributed by atoms with Crippen molar-refractivity contribution >= 4 is 58.3 Å². The summed E-state index contributed by atoms with van der Waals surface area (Å²) in [5.74, 6) is -0.970. The van der Waals surface area contributed by atoms with Crippen molar-refractivity contribution in [2.24, 2.45) is 0 Å². The van der Waals surface area contributed by atoms with Gasteiger partial charge in [-0.2, -0.15) is 0 Å². The van der Waals surface area contributed by atoms with Crippen LogP contribution in [-0.2, 0) is 16.0 Å². The van der Waals surface area contributed by atoms with Crippen LogP contribution in [0.15, 0.2) is 131 Å². The van der Waals surface area contributed by atoms with Crippen LogP contribution in [0, 0.1) is 6.92 Å². The summed E-state index contributed by atoms with van der Waals surface area (Å²) in [6, 6.07) is 35.5. The van der Waals surface area contributed by atoms with Gasteiger partial charge in [0, 0.05) is 26.7 Å². The molecule has 0 saturated carbocycles. The number of thioether (sulfide) groups is 1. The zero-order valence-corrected chi connectivity index (χ0v) is 26.6. The summed E-state index contributed by atoms with van der Waals surface area (Å²) in [5, 5.41) is 10.2. The minimum Gasteiger partial charge on any atom is -0.324 e. The Hall–Kier alpha value is -4.92. The molecule has 1 unspecified atom stereocenters. The van der Waals surface area contributed by atoms with Crippen LogP contribution >= 0.6 is 23.1 Å². The number of para-hydroxylation sites is 1.